The number of aromatic nitrogens is 4. The number of hydrogen-bond acceptors (Lipinski definition) is 4. The van der Waals surface area contributed by atoms with Gasteiger partial charge in [-0.15, -0.1) is 0 Å². The van der Waals surface area contributed by atoms with Crippen molar-refractivity contribution in [1.29, 1.82) is 5.41 Å². The number of amidine groups is 1. The summed E-state index contributed by atoms with van der Waals surface area (Å²) in [7, 11) is 1.89. The zero-order valence-electron chi connectivity index (χ0n) is 14.7. The molecule has 2 aromatic heterocycles. The van der Waals surface area contributed by atoms with Gasteiger partial charge in [0.25, 0.3) is 0 Å². The second-order valence-corrected chi connectivity index (χ2v) is 6.57. The summed E-state index contributed by atoms with van der Waals surface area (Å²) in [5.74, 6) is 0.396. The minimum Gasteiger partial charge on any atom is -0.331 e. The Hall–Kier alpha value is -3.32. The van der Waals surface area contributed by atoms with E-state index in [1.165, 1.54) is 0 Å². The SMILES string of the molecule is CN(C(=N)C(c1ccccc1)n1cnc2[nH]ncc2c1=S)c1ccccc1. The topological polar surface area (TPSA) is 73.6 Å². The molecule has 27 heavy (non-hydrogen) atoms. The largest absolute Gasteiger partial charge is 0.331 e. The lowest BCUT2D eigenvalue weighted by atomic mass is 10.0. The third-order valence-electron chi connectivity index (χ3n) is 4.55. The normalized spacial score (nSPS) is 12.0. The van der Waals surface area contributed by atoms with Crippen LogP contribution in [0.15, 0.2) is 73.2 Å². The van der Waals surface area contributed by atoms with Crippen LogP contribution >= 0.6 is 12.2 Å². The van der Waals surface area contributed by atoms with Crippen molar-refractivity contribution in [3.63, 3.8) is 0 Å². The van der Waals surface area contributed by atoms with Gasteiger partial charge in [0, 0.05) is 12.7 Å². The van der Waals surface area contributed by atoms with Crippen LogP contribution in [0.1, 0.15) is 11.6 Å². The van der Waals surface area contributed by atoms with Crippen molar-refractivity contribution in [2.24, 2.45) is 0 Å². The maximum Gasteiger partial charge on any atom is 0.159 e. The molecule has 0 spiro atoms. The fourth-order valence-corrected chi connectivity index (χ4v) is 3.39. The highest BCUT2D eigenvalue weighted by molar-refractivity contribution is 7.71. The van der Waals surface area contributed by atoms with Gasteiger partial charge in [0.05, 0.1) is 17.9 Å². The number of anilines is 1. The second-order valence-electron chi connectivity index (χ2n) is 6.18. The zero-order valence-corrected chi connectivity index (χ0v) is 15.5. The summed E-state index contributed by atoms with van der Waals surface area (Å²) in [6.45, 7) is 0. The van der Waals surface area contributed by atoms with Crippen LogP contribution in [-0.2, 0) is 0 Å². The Balaban J connectivity index is 1.86. The highest BCUT2D eigenvalue weighted by atomic mass is 32.1. The molecule has 1 atom stereocenters. The second kappa shape index (κ2) is 7.13. The van der Waals surface area contributed by atoms with Crippen LogP contribution in [-0.4, -0.2) is 32.6 Å². The molecule has 0 saturated heterocycles. The van der Waals surface area contributed by atoms with E-state index >= 15 is 0 Å². The predicted molar refractivity (Wildman–Crippen MR) is 110 cm³/mol. The van der Waals surface area contributed by atoms with E-state index in [1.54, 1.807) is 12.5 Å². The monoisotopic (exact) mass is 374 g/mol. The highest BCUT2D eigenvalue weighted by Gasteiger charge is 2.24. The summed E-state index contributed by atoms with van der Waals surface area (Å²) in [6.07, 6.45) is 3.35. The first-order chi connectivity index (χ1) is 13.2. The van der Waals surface area contributed by atoms with Crippen molar-refractivity contribution < 1.29 is 0 Å². The molecule has 0 aliphatic rings. The van der Waals surface area contributed by atoms with Crippen LogP contribution in [0.25, 0.3) is 11.0 Å². The van der Waals surface area contributed by atoms with E-state index in [-0.39, 0.29) is 0 Å². The van der Waals surface area contributed by atoms with Crippen LogP contribution in [0.3, 0.4) is 0 Å². The minimum atomic E-state index is -0.407. The molecule has 1 unspecified atom stereocenters. The Kier molecular flexibility index (Phi) is 4.52. The summed E-state index contributed by atoms with van der Waals surface area (Å²) < 4.78 is 2.44. The van der Waals surface area contributed by atoms with Gasteiger partial charge in [-0.25, -0.2) is 4.98 Å². The van der Waals surface area contributed by atoms with Gasteiger partial charge >= 0.3 is 0 Å². The average molecular weight is 374 g/mol. The number of nitrogens with zero attached hydrogens (tertiary/aromatic N) is 4. The molecule has 7 heteroatoms. The molecule has 0 aliphatic carbocycles. The van der Waals surface area contributed by atoms with E-state index in [4.69, 9.17) is 17.6 Å². The van der Waals surface area contributed by atoms with Gasteiger partial charge in [-0.1, -0.05) is 60.7 Å². The zero-order chi connectivity index (χ0) is 18.8. The lowest BCUT2D eigenvalue weighted by molar-refractivity contribution is 0.694. The van der Waals surface area contributed by atoms with Gasteiger partial charge in [0.2, 0.25) is 0 Å². The summed E-state index contributed by atoms with van der Waals surface area (Å²) in [5.41, 5.74) is 2.55. The molecule has 0 fully saturated rings. The summed E-state index contributed by atoms with van der Waals surface area (Å²) in [5, 5.41) is 16.6. The lowest BCUT2D eigenvalue weighted by Gasteiger charge is -2.29. The van der Waals surface area contributed by atoms with Gasteiger partial charge in [-0.2, -0.15) is 5.10 Å². The maximum atomic E-state index is 8.94. The van der Waals surface area contributed by atoms with Gasteiger partial charge in [-0.3, -0.25) is 10.5 Å². The molecule has 2 heterocycles. The lowest BCUT2D eigenvalue weighted by Crippen LogP contribution is -2.35. The van der Waals surface area contributed by atoms with E-state index in [1.807, 2.05) is 77.2 Å². The van der Waals surface area contributed by atoms with Crippen molar-refractivity contribution in [2.45, 2.75) is 6.04 Å². The van der Waals surface area contributed by atoms with Crippen LogP contribution in [0.5, 0.6) is 0 Å². The third-order valence-corrected chi connectivity index (χ3v) is 4.98. The number of benzene rings is 2. The fourth-order valence-electron chi connectivity index (χ4n) is 3.09. The van der Waals surface area contributed by atoms with E-state index in [0.717, 1.165) is 16.6 Å². The van der Waals surface area contributed by atoms with Crippen molar-refractivity contribution in [2.75, 3.05) is 11.9 Å². The molecule has 0 aliphatic heterocycles. The number of H-pyrrole nitrogens is 1. The molecule has 0 bridgehead atoms. The number of fused-ring (bicyclic) bond motifs is 1. The van der Waals surface area contributed by atoms with Gasteiger partial charge in [0.15, 0.2) is 5.65 Å². The molecule has 0 radical (unpaired) electrons. The van der Waals surface area contributed by atoms with Crippen LogP contribution in [0.2, 0.25) is 0 Å². The molecule has 2 N–H and O–H groups in total. The van der Waals surface area contributed by atoms with E-state index in [2.05, 4.69) is 15.2 Å². The number of nitrogens with one attached hydrogen (secondary N) is 2. The number of para-hydroxylation sites is 1. The Morgan fingerprint density at radius 3 is 2.48 bits per heavy atom. The fraction of sp³-hybridized carbons (Fsp3) is 0.100. The van der Waals surface area contributed by atoms with Crippen molar-refractivity contribution in [3.8, 4) is 0 Å². The Morgan fingerprint density at radius 1 is 1.11 bits per heavy atom. The highest BCUT2D eigenvalue weighted by Crippen LogP contribution is 2.25. The van der Waals surface area contributed by atoms with Gasteiger partial charge in [0.1, 0.15) is 16.5 Å². The van der Waals surface area contributed by atoms with E-state index in [9.17, 15) is 0 Å². The number of aromatic amines is 1. The number of rotatable bonds is 4. The third kappa shape index (κ3) is 3.13. The molecule has 6 nitrogen and oxygen atoms in total. The first kappa shape index (κ1) is 17.1. The van der Waals surface area contributed by atoms with Crippen molar-refractivity contribution in [3.05, 3.63) is 83.4 Å². The first-order valence-corrected chi connectivity index (χ1v) is 8.90. The van der Waals surface area contributed by atoms with Gasteiger partial charge < -0.3 is 9.47 Å². The number of hydrogen-bond donors (Lipinski definition) is 2. The van der Waals surface area contributed by atoms with Crippen LogP contribution < -0.4 is 4.90 Å². The summed E-state index contributed by atoms with van der Waals surface area (Å²) in [6, 6.07) is 19.3. The predicted octanol–water partition coefficient (Wildman–Crippen LogP) is 4.19. The Labute approximate surface area is 161 Å². The Bertz CT molecular complexity index is 1130. The quantitative estimate of drug-likeness (QED) is 0.319. The van der Waals surface area contributed by atoms with E-state index < -0.39 is 6.04 Å². The summed E-state index contributed by atoms with van der Waals surface area (Å²) in [4.78, 5) is 6.29. The molecule has 4 rings (SSSR count). The van der Waals surface area contributed by atoms with E-state index in [0.29, 0.717) is 16.1 Å². The minimum absolute atomic E-state index is 0.396. The molecular weight excluding hydrogens is 356 g/mol. The van der Waals surface area contributed by atoms with Crippen LogP contribution in [0.4, 0.5) is 5.69 Å². The molecule has 0 saturated carbocycles. The maximum absolute atomic E-state index is 8.94. The average Bonchev–Trinajstić information content (AvgIpc) is 3.20. The molecule has 0 amide bonds. The number of likely N-dealkylation sites (N-methyl/N-ethyl adjacent to an activating group) is 1. The smallest absolute Gasteiger partial charge is 0.159 e. The summed E-state index contributed by atoms with van der Waals surface area (Å²) >= 11 is 5.69. The van der Waals surface area contributed by atoms with Crippen LogP contribution in [0, 0.1) is 10.0 Å². The van der Waals surface area contributed by atoms with Gasteiger partial charge in [-0.05, 0) is 17.7 Å². The molecule has 2 aromatic carbocycles. The molecule has 4 aromatic rings. The van der Waals surface area contributed by atoms with Crippen molar-refractivity contribution in [1.82, 2.24) is 19.7 Å². The first-order valence-electron chi connectivity index (χ1n) is 8.49. The Morgan fingerprint density at radius 2 is 1.78 bits per heavy atom. The standard InChI is InChI=1S/C20H18N6S/c1-25(15-10-6-3-7-11-15)18(21)17(14-8-4-2-5-9-14)26-13-22-19-16(20(26)27)12-23-24-19/h2-13,17,21H,1H3,(H,23,24). The van der Waals surface area contributed by atoms with Crippen molar-refractivity contribution >= 4 is 34.8 Å². The molecule has 134 valence electrons. The molecular formula is C20H18N6S.